The molecule has 0 amide bonds. The number of thiophene rings is 1. The number of aromatic nitrogens is 3. The summed E-state index contributed by atoms with van der Waals surface area (Å²) in [5, 5.41) is 10.2. The van der Waals surface area contributed by atoms with Crippen LogP contribution in [-0.2, 0) is 6.54 Å². The zero-order chi connectivity index (χ0) is 10.5. The van der Waals surface area contributed by atoms with Crippen LogP contribution in [0.2, 0.25) is 0 Å². The minimum absolute atomic E-state index is 0.914. The fraction of sp³-hybridized carbons (Fsp3) is 0.273. The van der Waals surface area contributed by atoms with Gasteiger partial charge in [-0.1, -0.05) is 18.2 Å². The minimum Gasteiger partial charge on any atom is -0.252 e. The van der Waals surface area contributed by atoms with Gasteiger partial charge in [0.25, 0.3) is 0 Å². The Bertz CT molecular complexity index is 428. The summed E-state index contributed by atoms with van der Waals surface area (Å²) < 4.78 is 1.87. The van der Waals surface area contributed by atoms with Crippen LogP contribution >= 0.6 is 11.3 Å². The largest absolute Gasteiger partial charge is 0.252 e. The van der Waals surface area contributed by atoms with E-state index in [1.54, 1.807) is 11.3 Å². The average Bonchev–Trinajstić information content (AvgIpc) is 2.85. The molecule has 0 spiro atoms. The van der Waals surface area contributed by atoms with Crippen LogP contribution in [0.1, 0.15) is 23.9 Å². The number of hydrogen-bond acceptors (Lipinski definition) is 3. The van der Waals surface area contributed by atoms with Gasteiger partial charge in [-0.3, -0.25) is 4.68 Å². The normalized spacial score (nSPS) is 11.3. The SMILES string of the molecule is CCCn1cc(/C=C\c2cccs2)nn1. The summed E-state index contributed by atoms with van der Waals surface area (Å²) in [5.74, 6) is 0. The third kappa shape index (κ3) is 2.76. The molecular weight excluding hydrogens is 206 g/mol. The van der Waals surface area contributed by atoms with Crippen molar-refractivity contribution in [2.45, 2.75) is 19.9 Å². The molecule has 78 valence electrons. The van der Waals surface area contributed by atoms with Gasteiger partial charge in [0.15, 0.2) is 0 Å². The predicted molar refractivity (Wildman–Crippen MR) is 63.6 cm³/mol. The molecule has 0 atom stereocenters. The van der Waals surface area contributed by atoms with Crippen LogP contribution in [0.3, 0.4) is 0 Å². The molecule has 2 aromatic heterocycles. The van der Waals surface area contributed by atoms with E-state index in [4.69, 9.17) is 0 Å². The van der Waals surface area contributed by atoms with Gasteiger partial charge in [0.05, 0.1) is 6.20 Å². The second-order valence-electron chi connectivity index (χ2n) is 3.26. The Morgan fingerprint density at radius 3 is 3.13 bits per heavy atom. The molecule has 0 bridgehead atoms. The Hall–Kier alpha value is -1.42. The second-order valence-corrected chi connectivity index (χ2v) is 4.23. The molecule has 2 heterocycles. The Labute approximate surface area is 93.1 Å². The van der Waals surface area contributed by atoms with E-state index >= 15 is 0 Å². The van der Waals surface area contributed by atoms with Gasteiger partial charge in [-0.25, -0.2) is 0 Å². The molecule has 0 radical (unpaired) electrons. The van der Waals surface area contributed by atoms with Gasteiger partial charge in [-0.05, 0) is 30.0 Å². The summed E-state index contributed by atoms with van der Waals surface area (Å²) in [7, 11) is 0. The van der Waals surface area contributed by atoms with Crippen LogP contribution in [0.25, 0.3) is 12.2 Å². The first-order valence-corrected chi connectivity index (χ1v) is 5.88. The molecule has 0 fully saturated rings. The van der Waals surface area contributed by atoms with Crippen LogP contribution in [-0.4, -0.2) is 15.0 Å². The lowest BCUT2D eigenvalue weighted by Crippen LogP contribution is -1.96. The standard InChI is InChI=1S/C11H13N3S/c1-2-7-14-9-10(12-13-14)5-6-11-4-3-8-15-11/h3-6,8-9H,2,7H2,1H3/b6-5-. The molecule has 15 heavy (non-hydrogen) atoms. The lowest BCUT2D eigenvalue weighted by molar-refractivity contribution is 0.579. The van der Waals surface area contributed by atoms with Crippen LogP contribution in [0.15, 0.2) is 23.7 Å². The molecule has 0 aromatic carbocycles. The molecule has 4 heteroatoms. The Balaban J connectivity index is 2.04. The smallest absolute Gasteiger partial charge is 0.105 e. The lowest BCUT2D eigenvalue weighted by Gasteiger charge is -1.91. The van der Waals surface area contributed by atoms with Gasteiger partial charge >= 0.3 is 0 Å². The third-order valence-electron chi connectivity index (χ3n) is 1.97. The molecular formula is C11H13N3S. The first-order valence-electron chi connectivity index (χ1n) is 5.00. The summed E-state index contributed by atoms with van der Waals surface area (Å²) in [6, 6.07) is 4.12. The number of hydrogen-bond donors (Lipinski definition) is 0. The molecule has 0 N–H and O–H groups in total. The average molecular weight is 219 g/mol. The fourth-order valence-corrected chi connectivity index (χ4v) is 1.90. The molecule has 0 aliphatic carbocycles. The second kappa shape index (κ2) is 4.89. The van der Waals surface area contributed by atoms with Crippen molar-refractivity contribution in [2.24, 2.45) is 0 Å². The topological polar surface area (TPSA) is 30.7 Å². The third-order valence-corrected chi connectivity index (χ3v) is 2.81. The minimum atomic E-state index is 0.914. The van der Waals surface area contributed by atoms with Crippen molar-refractivity contribution in [2.75, 3.05) is 0 Å². The van der Waals surface area contributed by atoms with E-state index in [1.807, 2.05) is 23.0 Å². The van der Waals surface area contributed by atoms with Crippen molar-refractivity contribution in [1.29, 1.82) is 0 Å². The van der Waals surface area contributed by atoms with E-state index in [2.05, 4.69) is 34.8 Å². The fourth-order valence-electron chi connectivity index (χ4n) is 1.28. The van der Waals surface area contributed by atoms with E-state index in [1.165, 1.54) is 4.88 Å². The predicted octanol–water partition coefficient (Wildman–Crippen LogP) is 2.92. The maximum atomic E-state index is 4.07. The van der Waals surface area contributed by atoms with Gasteiger partial charge in [-0.15, -0.1) is 16.4 Å². The van der Waals surface area contributed by atoms with Crippen LogP contribution in [0.5, 0.6) is 0 Å². The first-order chi connectivity index (χ1) is 7.38. The summed E-state index contributed by atoms with van der Waals surface area (Å²) in [6.07, 6.45) is 7.10. The Morgan fingerprint density at radius 1 is 1.47 bits per heavy atom. The van der Waals surface area contributed by atoms with Crippen LogP contribution < -0.4 is 0 Å². The van der Waals surface area contributed by atoms with Crippen molar-refractivity contribution in [1.82, 2.24) is 15.0 Å². The summed E-state index contributed by atoms with van der Waals surface area (Å²) in [6.45, 7) is 3.06. The Morgan fingerprint density at radius 2 is 2.40 bits per heavy atom. The molecule has 0 aliphatic rings. The van der Waals surface area contributed by atoms with Gasteiger partial charge < -0.3 is 0 Å². The zero-order valence-electron chi connectivity index (χ0n) is 8.63. The van der Waals surface area contributed by atoms with Gasteiger partial charge in [0, 0.05) is 11.4 Å². The maximum Gasteiger partial charge on any atom is 0.105 e. The summed E-state index contributed by atoms with van der Waals surface area (Å²) >= 11 is 1.72. The molecule has 0 unspecified atom stereocenters. The lowest BCUT2D eigenvalue weighted by atomic mass is 10.3. The highest BCUT2D eigenvalue weighted by atomic mass is 32.1. The van der Waals surface area contributed by atoms with Crippen molar-refractivity contribution < 1.29 is 0 Å². The van der Waals surface area contributed by atoms with E-state index in [0.717, 1.165) is 18.7 Å². The molecule has 2 aromatic rings. The van der Waals surface area contributed by atoms with Crippen LogP contribution in [0.4, 0.5) is 0 Å². The maximum absolute atomic E-state index is 4.07. The molecule has 3 nitrogen and oxygen atoms in total. The van der Waals surface area contributed by atoms with Crippen molar-refractivity contribution >= 4 is 23.5 Å². The Kier molecular flexibility index (Phi) is 3.29. The molecule has 0 saturated carbocycles. The monoisotopic (exact) mass is 219 g/mol. The highest BCUT2D eigenvalue weighted by Gasteiger charge is 1.95. The number of rotatable bonds is 4. The molecule has 0 saturated heterocycles. The first kappa shape index (κ1) is 10.1. The van der Waals surface area contributed by atoms with Crippen molar-refractivity contribution in [3.05, 3.63) is 34.3 Å². The molecule has 0 aliphatic heterocycles. The van der Waals surface area contributed by atoms with Crippen LogP contribution in [0, 0.1) is 0 Å². The zero-order valence-corrected chi connectivity index (χ0v) is 9.44. The van der Waals surface area contributed by atoms with E-state index in [-0.39, 0.29) is 0 Å². The van der Waals surface area contributed by atoms with Crippen molar-refractivity contribution in [3.8, 4) is 0 Å². The number of aryl methyl sites for hydroxylation is 1. The van der Waals surface area contributed by atoms with E-state index in [9.17, 15) is 0 Å². The van der Waals surface area contributed by atoms with Gasteiger partial charge in [0.1, 0.15) is 5.69 Å². The highest BCUT2D eigenvalue weighted by Crippen LogP contribution is 2.12. The highest BCUT2D eigenvalue weighted by molar-refractivity contribution is 7.10. The van der Waals surface area contributed by atoms with Gasteiger partial charge in [0.2, 0.25) is 0 Å². The number of nitrogens with zero attached hydrogens (tertiary/aromatic N) is 3. The summed E-state index contributed by atoms with van der Waals surface area (Å²) in [5.41, 5.74) is 0.914. The van der Waals surface area contributed by atoms with Gasteiger partial charge in [-0.2, -0.15) is 0 Å². The van der Waals surface area contributed by atoms with E-state index < -0.39 is 0 Å². The quantitative estimate of drug-likeness (QED) is 0.791. The van der Waals surface area contributed by atoms with Crippen molar-refractivity contribution in [3.63, 3.8) is 0 Å². The van der Waals surface area contributed by atoms with E-state index in [0.29, 0.717) is 0 Å². The summed E-state index contributed by atoms with van der Waals surface area (Å²) in [4.78, 5) is 1.24. The molecule has 2 rings (SSSR count).